The van der Waals surface area contributed by atoms with Gasteiger partial charge in [0.25, 0.3) is 5.91 Å². The summed E-state index contributed by atoms with van der Waals surface area (Å²) >= 11 is 6.12. The van der Waals surface area contributed by atoms with Gasteiger partial charge in [0.15, 0.2) is 0 Å². The smallest absolute Gasteiger partial charge is 0.255 e. The van der Waals surface area contributed by atoms with Crippen molar-refractivity contribution in [2.24, 2.45) is 7.05 Å². The quantitative estimate of drug-likeness (QED) is 0.771. The lowest BCUT2D eigenvalue weighted by Crippen LogP contribution is -2.47. The molecule has 0 spiro atoms. The second-order valence-corrected chi connectivity index (χ2v) is 8.28. The largest absolute Gasteiger partial charge is 0.369 e. The van der Waals surface area contributed by atoms with Crippen molar-refractivity contribution in [3.8, 4) is 0 Å². The molecule has 0 bridgehead atoms. The number of hydrogen-bond acceptors (Lipinski definition) is 3. The van der Waals surface area contributed by atoms with E-state index in [0.717, 1.165) is 75.7 Å². The number of amides is 1. The van der Waals surface area contributed by atoms with Crippen LogP contribution in [0.25, 0.3) is 0 Å². The predicted octanol–water partition coefficient (Wildman–Crippen LogP) is 3.28. The SMILES string of the molecule is Cn1ccc2c1CCCN(CCCN1CCN(c3cccc(Cl)c3)CC1)C2=O. The molecule has 2 aromatic rings. The van der Waals surface area contributed by atoms with Gasteiger partial charge in [0, 0.05) is 68.9 Å². The number of aromatic nitrogens is 1. The molecule has 0 saturated carbocycles. The van der Waals surface area contributed by atoms with Crippen molar-refractivity contribution < 1.29 is 4.79 Å². The minimum absolute atomic E-state index is 0.207. The van der Waals surface area contributed by atoms with Crippen LogP contribution in [0.1, 0.15) is 28.9 Å². The molecular weight excluding hydrogens is 372 g/mol. The van der Waals surface area contributed by atoms with Gasteiger partial charge < -0.3 is 14.4 Å². The molecule has 5 nitrogen and oxygen atoms in total. The number of halogens is 1. The molecule has 4 rings (SSSR count). The second kappa shape index (κ2) is 8.58. The molecule has 1 saturated heterocycles. The number of nitrogens with zero attached hydrogens (tertiary/aromatic N) is 4. The highest BCUT2D eigenvalue weighted by Gasteiger charge is 2.24. The van der Waals surface area contributed by atoms with Crippen LogP contribution in [0, 0.1) is 0 Å². The number of piperazine rings is 1. The number of benzene rings is 1. The standard InChI is InChI=1S/C22H29ClN4O/c1-24-12-8-20-21(24)7-3-10-27(22(20)28)11-4-9-25-13-15-26(16-14-25)19-6-2-5-18(23)17-19/h2,5-6,8,12,17H,3-4,7,9-11,13-16H2,1H3. The molecule has 150 valence electrons. The maximum atomic E-state index is 12.8. The zero-order valence-corrected chi connectivity index (χ0v) is 17.4. The van der Waals surface area contributed by atoms with E-state index in [2.05, 4.69) is 20.4 Å². The van der Waals surface area contributed by atoms with Crippen LogP contribution in [-0.2, 0) is 13.5 Å². The Morgan fingerprint density at radius 1 is 1.04 bits per heavy atom. The summed E-state index contributed by atoms with van der Waals surface area (Å²) in [5.74, 6) is 0.207. The first-order chi connectivity index (χ1) is 13.6. The zero-order valence-electron chi connectivity index (χ0n) is 16.6. The first kappa shape index (κ1) is 19.3. The number of carbonyl (C=O) groups is 1. The first-order valence-corrected chi connectivity index (χ1v) is 10.7. The van der Waals surface area contributed by atoms with E-state index < -0.39 is 0 Å². The van der Waals surface area contributed by atoms with Gasteiger partial charge in [-0.25, -0.2) is 0 Å². The van der Waals surface area contributed by atoms with Gasteiger partial charge in [0.2, 0.25) is 0 Å². The Morgan fingerprint density at radius 2 is 1.86 bits per heavy atom. The van der Waals surface area contributed by atoms with Crippen LogP contribution in [0.15, 0.2) is 36.5 Å². The molecule has 2 aliphatic rings. The summed E-state index contributed by atoms with van der Waals surface area (Å²) in [5.41, 5.74) is 3.29. The fourth-order valence-electron chi connectivity index (χ4n) is 4.38. The van der Waals surface area contributed by atoms with E-state index in [4.69, 9.17) is 11.6 Å². The molecule has 3 heterocycles. The van der Waals surface area contributed by atoms with Gasteiger partial charge in [-0.05, 0) is 50.1 Å². The van der Waals surface area contributed by atoms with Gasteiger partial charge in [-0.2, -0.15) is 0 Å². The summed E-state index contributed by atoms with van der Waals surface area (Å²) in [7, 11) is 2.03. The fourth-order valence-corrected chi connectivity index (χ4v) is 4.56. The monoisotopic (exact) mass is 400 g/mol. The molecule has 6 heteroatoms. The van der Waals surface area contributed by atoms with Crippen molar-refractivity contribution in [1.82, 2.24) is 14.4 Å². The molecule has 1 amide bonds. The van der Waals surface area contributed by atoms with Crippen LogP contribution in [0.4, 0.5) is 5.69 Å². The highest BCUT2D eigenvalue weighted by Crippen LogP contribution is 2.22. The predicted molar refractivity (Wildman–Crippen MR) is 114 cm³/mol. The van der Waals surface area contributed by atoms with Gasteiger partial charge in [0.05, 0.1) is 5.56 Å². The van der Waals surface area contributed by atoms with Crippen LogP contribution in [0.2, 0.25) is 5.02 Å². The van der Waals surface area contributed by atoms with Crippen LogP contribution >= 0.6 is 11.6 Å². The summed E-state index contributed by atoms with van der Waals surface area (Å²) < 4.78 is 2.09. The topological polar surface area (TPSA) is 31.7 Å². The second-order valence-electron chi connectivity index (χ2n) is 7.84. The fraction of sp³-hybridized carbons (Fsp3) is 0.500. The third kappa shape index (κ3) is 4.20. The third-order valence-electron chi connectivity index (χ3n) is 6.01. The molecule has 0 radical (unpaired) electrons. The molecular formula is C22H29ClN4O. The highest BCUT2D eigenvalue weighted by molar-refractivity contribution is 6.30. The summed E-state index contributed by atoms with van der Waals surface area (Å²) in [6.45, 7) is 6.94. The maximum Gasteiger partial charge on any atom is 0.255 e. The molecule has 0 unspecified atom stereocenters. The minimum Gasteiger partial charge on any atom is -0.369 e. The maximum absolute atomic E-state index is 12.8. The lowest BCUT2D eigenvalue weighted by atomic mass is 10.2. The van der Waals surface area contributed by atoms with Gasteiger partial charge in [-0.3, -0.25) is 9.69 Å². The number of carbonyl (C=O) groups excluding carboxylic acids is 1. The van der Waals surface area contributed by atoms with Gasteiger partial charge in [0.1, 0.15) is 0 Å². The minimum atomic E-state index is 0.207. The van der Waals surface area contributed by atoms with E-state index in [1.165, 1.54) is 11.4 Å². The van der Waals surface area contributed by atoms with Crippen molar-refractivity contribution in [3.05, 3.63) is 52.8 Å². The number of hydrogen-bond donors (Lipinski definition) is 0. The summed E-state index contributed by atoms with van der Waals surface area (Å²) in [4.78, 5) is 19.8. The Balaban J connectivity index is 1.24. The lowest BCUT2D eigenvalue weighted by molar-refractivity contribution is 0.0753. The Labute approximate surface area is 172 Å². The van der Waals surface area contributed by atoms with E-state index in [-0.39, 0.29) is 5.91 Å². The van der Waals surface area contributed by atoms with Crippen molar-refractivity contribution in [3.63, 3.8) is 0 Å². The van der Waals surface area contributed by atoms with E-state index in [1.807, 2.05) is 42.4 Å². The Bertz CT molecular complexity index is 826. The molecule has 0 aliphatic carbocycles. The summed E-state index contributed by atoms with van der Waals surface area (Å²) in [5, 5.41) is 0.795. The van der Waals surface area contributed by atoms with Crippen molar-refractivity contribution in [2.75, 3.05) is 50.7 Å². The molecule has 1 aromatic heterocycles. The van der Waals surface area contributed by atoms with E-state index in [0.29, 0.717) is 0 Å². The lowest BCUT2D eigenvalue weighted by Gasteiger charge is -2.36. The Hall–Kier alpha value is -1.98. The van der Waals surface area contributed by atoms with Crippen LogP contribution < -0.4 is 4.90 Å². The molecule has 1 fully saturated rings. The summed E-state index contributed by atoms with van der Waals surface area (Å²) in [6.07, 6.45) is 5.08. The molecule has 0 N–H and O–H groups in total. The summed E-state index contributed by atoms with van der Waals surface area (Å²) in [6, 6.07) is 10.1. The van der Waals surface area contributed by atoms with Crippen molar-refractivity contribution in [1.29, 1.82) is 0 Å². The van der Waals surface area contributed by atoms with Crippen molar-refractivity contribution in [2.45, 2.75) is 19.3 Å². The third-order valence-corrected chi connectivity index (χ3v) is 6.24. The molecule has 1 aromatic carbocycles. The van der Waals surface area contributed by atoms with Gasteiger partial charge in [-0.15, -0.1) is 0 Å². The average molecular weight is 401 g/mol. The van der Waals surface area contributed by atoms with Crippen molar-refractivity contribution >= 4 is 23.2 Å². The van der Waals surface area contributed by atoms with Gasteiger partial charge in [-0.1, -0.05) is 17.7 Å². The number of aryl methyl sites for hydroxylation is 1. The molecule has 0 atom stereocenters. The van der Waals surface area contributed by atoms with E-state index >= 15 is 0 Å². The Kier molecular flexibility index (Phi) is 5.93. The number of anilines is 1. The average Bonchev–Trinajstić information content (AvgIpc) is 2.99. The first-order valence-electron chi connectivity index (χ1n) is 10.3. The van der Waals surface area contributed by atoms with E-state index in [1.54, 1.807) is 0 Å². The van der Waals surface area contributed by atoms with E-state index in [9.17, 15) is 4.79 Å². The van der Waals surface area contributed by atoms with Gasteiger partial charge >= 0.3 is 0 Å². The molecule has 28 heavy (non-hydrogen) atoms. The Morgan fingerprint density at radius 3 is 2.64 bits per heavy atom. The van der Waals surface area contributed by atoms with Crippen LogP contribution in [-0.4, -0.2) is 66.1 Å². The molecule has 2 aliphatic heterocycles. The number of rotatable bonds is 5. The van der Waals surface area contributed by atoms with Crippen LogP contribution in [0.5, 0.6) is 0 Å². The normalized spacial score (nSPS) is 18.3. The van der Waals surface area contributed by atoms with Crippen LogP contribution in [0.3, 0.4) is 0 Å². The number of fused-ring (bicyclic) bond motifs is 1. The highest BCUT2D eigenvalue weighted by atomic mass is 35.5. The zero-order chi connectivity index (χ0) is 19.5.